The van der Waals surface area contributed by atoms with Gasteiger partial charge in [-0.1, -0.05) is 12.1 Å². The Kier molecular flexibility index (Phi) is 4.42. The summed E-state index contributed by atoms with van der Waals surface area (Å²) in [6, 6.07) is 4.69. The largest absolute Gasteiger partial charge is 0.480 e. The second kappa shape index (κ2) is 5.81. The van der Waals surface area contributed by atoms with Crippen LogP contribution in [0.1, 0.15) is 5.56 Å². The van der Waals surface area contributed by atoms with E-state index in [-0.39, 0.29) is 24.5 Å². The Labute approximate surface area is 104 Å². The molecule has 0 saturated carbocycles. The summed E-state index contributed by atoms with van der Waals surface area (Å²) in [6.45, 7) is 5.19. The molecule has 1 rings (SSSR count). The van der Waals surface area contributed by atoms with Crippen molar-refractivity contribution < 1.29 is 14.8 Å². The third kappa shape index (κ3) is 3.31. The first-order chi connectivity index (χ1) is 8.45. The number of hydrogen-bond acceptors (Lipinski definition) is 4. The molecule has 6 heteroatoms. The molecule has 96 valence electrons. The van der Waals surface area contributed by atoms with Crippen molar-refractivity contribution in [3.8, 4) is 0 Å². The van der Waals surface area contributed by atoms with Crippen molar-refractivity contribution >= 4 is 17.3 Å². The number of nitro groups is 1. The van der Waals surface area contributed by atoms with Crippen LogP contribution < -0.4 is 4.90 Å². The van der Waals surface area contributed by atoms with Gasteiger partial charge in [0.1, 0.15) is 12.2 Å². The van der Waals surface area contributed by atoms with Crippen LogP contribution in [0.4, 0.5) is 11.4 Å². The van der Waals surface area contributed by atoms with E-state index in [9.17, 15) is 14.9 Å². The SMILES string of the molecule is C=CCN(CC(=O)O)c1ccc(C)cc1[N+](=O)[O-]. The molecule has 0 radical (unpaired) electrons. The van der Waals surface area contributed by atoms with Gasteiger partial charge < -0.3 is 10.0 Å². The molecule has 1 aromatic rings. The molecule has 0 saturated heterocycles. The summed E-state index contributed by atoms with van der Waals surface area (Å²) in [4.78, 5) is 22.6. The summed E-state index contributed by atoms with van der Waals surface area (Å²) < 4.78 is 0. The van der Waals surface area contributed by atoms with Gasteiger partial charge in [-0.25, -0.2) is 0 Å². The number of anilines is 1. The molecule has 0 bridgehead atoms. The first-order valence-electron chi connectivity index (χ1n) is 5.28. The van der Waals surface area contributed by atoms with Crippen molar-refractivity contribution in [2.45, 2.75) is 6.92 Å². The van der Waals surface area contributed by atoms with Crippen molar-refractivity contribution in [2.75, 3.05) is 18.0 Å². The summed E-state index contributed by atoms with van der Waals surface area (Å²) in [6.07, 6.45) is 1.51. The topological polar surface area (TPSA) is 83.7 Å². The molecule has 0 aliphatic carbocycles. The molecule has 1 aromatic carbocycles. The molecule has 0 atom stereocenters. The Morgan fingerprint density at radius 3 is 2.78 bits per heavy atom. The zero-order valence-corrected chi connectivity index (χ0v) is 10.00. The standard InChI is InChI=1S/C12H14N2O4/c1-3-6-13(8-12(15)16)10-5-4-9(2)7-11(10)14(17)18/h3-5,7H,1,6,8H2,2H3,(H,15,16). The first kappa shape index (κ1) is 13.7. The second-order valence-corrected chi connectivity index (χ2v) is 3.81. The molecule has 0 aliphatic heterocycles. The molecule has 0 unspecified atom stereocenters. The van der Waals surface area contributed by atoms with Crippen LogP contribution in [-0.2, 0) is 4.79 Å². The van der Waals surface area contributed by atoms with Crippen molar-refractivity contribution in [2.24, 2.45) is 0 Å². The highest BCUT2D eigenvalue weighted by molar-refractivity contribution is 5.76. The molecule has 6 nitrogen and oxygen atoms in total. The van der Waals surface area contributed by atoms with Gasteiger partial charge in [0, 0.05) is 12.6 Å². The Hall–Kier alpha value is -2.37. The minimum Gasteiger partial charge on any atom is -0.480 e. The normalized spacial score (nSPS) is 9.83. The van der Waals surface area contributed by atoms with Crippen molar-refractivity contribution in [1.29, 1.82) is 0 Å². The van der Waals surface area contributed by atoms with Gasteiger partial charge in [-0.2, -0.15) is 0 Å². The van der Waals surface area contributed by atoms with E-state index in [0.717, 1.165) is 5.56 Å². The van der Waals surface area contributed by atoms with Gasteiger partial charge in [-0.05, 0) is 18.6 Å². The van der Waals surface area contributed by atoms with Crippen LogP contribution in [0.5, 0.6) is 0 Å². The molecule has 0 spiro atoms. The maximum absolute atomic E-state index is 11.0. The molecule has 18 heavy (non-hydrogen) atoms. The lowest BCUT2D eigenvalue weighted by atomic mass is 10.1. The summed E-state index contributed by atoms with van der Waals surface area (Å²) in [7, 11) is 0. The zero-order chi connectivity index (χ0) is 13.7. The van der Waals surface area contributed by atoms with Crippen LogP contribution in [0.3, 0.4) is 0 Å². The van der Waals surface area contributed by atoms with Crippen LogP contribution in [0.15, 0.2) is 30.9 Å². The summed E-state index contributed by atoms with van der Waals surface area (Å²) >= 11 is 0. The maximum atomic E-state index is 11.0. The van der Waals surface area contributed by atoms with Crippen LogP contribution in [-0.4, -0.2) is 29.1 Å². The third-order valence-corrected chi connectivity index (χ3v) is 2.34. The van der Waals surface area contributed by atoms with Crippen molar-refractivity contribution in [1.82, 2.24) is 0 Å². The van der Waals surface area contributed by atoms with E-state index in [4.69, 9.17) is 5.11 Å². The average molecular weight is 250 g/mol. The van der Waals surface area contributed by atoms with E-state index in [1.54, 1.807) is 19.1 Å². The van der Waals surface area contributed by atoms with Gasteiger partial charge in [0.15, 0.2) is 0 Å². The quantitative estimate of drug-likeness (QED) is 0.474. The van der Waals surface area contributed by atoms with Crippen LogP contribution in [0.25, 0.3) is 0 Å². The van der Waals surface area contributed by atoms with E-state index < -0.39 is 10.9 Å². The fourth-order valence-electron chi connectivity index (χ4n) is 1.61. The Morgan fingerprint density at radius 1 is 1.61 bits per heavy atom. The number of carbonyl (C=O) groups is 1. The first-order valence-corrected chi connectivity index (χ1v) is 5.28. The van der Waals surface area contributed by atoms with E-state index in [0.29, 0.717) is 0 Å². The number of carboxylic acid groups (broad SMARTS) is 1. The lowest BCUT2D eigenvalue weighted by Crippen LogP contribution is -2.30. The highest BCUT2D eigenvalue weighted by Crippen LogP contribution is 2.28. The number of aliphatic carboxylic acids is 1. The molecule has 0 amide bonds. The number of carboxylic acids is 1. The highest BCUT2D eigenvalue weighted by Gasteiger charge is 2.20. The smallest absolute Gasteiger partial charge is 0.323 e. The Bertz CT molecular complexity index is 485. The molecule has 0 fully saturated rings. The maximum Gasteiger partial charge on any atom is 0.323 e. The van der Waals surface area contributed by atoms with Gasteiger partial charge in [-0.3, -0.25) is 14.9 Å². The van der Waals surface area contributed by atoms with Gasteiger partial charge in [0.25, 0.3) is 5.69 Å². The van der Waals surface area contributed by atoms with Crippen LogP contribution >= 0.6 is 0 Å². The summed E-state index contributed by atoms with van der Waals surface area (Å²) in [5, 5.41) is 19.8. The summed E-state index contributed by atoms with van der Waals surface area (Å²) in [5.74, 6) is -1.05. The number of nitro benzene ring substituents is 1. The molecular weight excluding hydrogens is 236 g/mol. The van der Waals surface area contributed by atoms with E-state index >= 15 is 0 Å². The molecule has 0 heterocycles. The van der Waals surface area contributed by atoms with Crippen LogP contribution in [0.2, 0.25) is 0 Å². The second-order valence-electron chi connectivity index (χ2n) is 3.81. The van der Waals surface area contributed by atoms with Gasteiger partial charge in [0.2, 0.25) is 0 Å². The van der Waals surface area contributed by atoms with E-state index in [1.165, 1.54) is 17.0 Å². The number of aryl methyl sites for hydroxylation is 1. The predicted molar refractivity (Wildman–Crippen MR) is 67.9 cm³/mol. The van der Waals surface area contributed by atoms with Gasteiger partial charge >= 0.3 is 5.97 Å². The van der Waals surface area contributed by atoms with E-state index in [2.05, 4.69) is 6.58 Å². The third-order valence-electron chi connectivity index (χ3n) is 2.34. The van der Waals surface area contributed by atoms with Crippen molar-refractivity contribution in [3.63, 3.8) is 0 Å². The monoisotopic (exact) mass is 250 g/mol. The van der Waals surface area contributed by atoms with Crippen molar-refractivity contribution in [3.05, 3.63) is 46.5 Å². The minimum absolute atomic E-state index is 0.0990. The number of nitrogens with zero attached hydrogens (tertiary/aromatic N) is 2. The molecule has 0 aromatic heterocycles. The number of hydrogen-bond donors (Lipinski definition) is 1. The van der Waals surface area contributed by atoms with E-state index in [1.807, 2.05) is 0 Å². The molecule has 0 aliphatic rings. The fraction of sp³-hybridized carbons (Fsp3) is 0.250. The van der Waals surface area contributed by atoms with Crippen LogP contribution in [0, 0.1) is 17.0 Å². The Morgan fingerprint density at radius 2 is 2.28 bits per heavy atom. The minimum atomic E-state index is -1.05. The van der Waals surface area contributed by atoms with Gasteiger partial charge in [0.05, 0.1) is 4.92 Å². The number of benzene rings is 1. The fourth-order valence-corrected chi connectivity index (χ4v) is 1.61. The summed E-state index contributed by atoms with van der Waals surface area (Å²) in [5.41, 5.74) is 0.935. The lowest BCUT2D eigenvalue weighted by molar-refractivity contribution is -0.384. The lowest BCUT2D eigenvalue weighted by Gasteiger charge is -2.20. The Balaban J connectivity index is 3.21. The average Bonchev–Trinajstić information content (AvgIpc) is 2.27. The highest BCUT2D eigenvalue weighted by atomic mass is 16.6. The molecular formula is C12H14N2O4. The number of rotatable bonds is 6. The van der Waals surface area contributed by atoms with Gasteiger partial charge in [-0.15, -0.1) is 6.58 Å². The predicted octanol–water partition coefficient (Wildman–Crippen LogP) is 1.98. The molecule has 1 N–H and O–H groups in total. The zero-order valence-electron chi connectivity index (χ0n) is 10.00.